The van der Waals surface area contributed by atoms with Gasteiger partial charge in [-0.05, 0) is 36.6 Å². The average molecular weight is 379 g/mol. The molecule has 1 N–H and O–H groups in total. The molecule has 2 aromatic carbocycles. The molecule has 0 unspecified atom stereocenters. The molecular weight excluding hydrogens is 354 g/mol. The van der Waals surface area contributed by atoms with E-state index < -0.39 is 0 Å². The highest BCUT2D eigenvalue weighted by Crippen LogP contribution is 2.28. The quantitative estimate of drug-likeness (QED) is 0.646. The van der Waals surface area contributed by atoms with E-state index in [1.807, 2.05) is 48.5 Å². The van der Waals surface area contributed by atoms with Crippen molar-refractivity contribution in [3.05, 3.63) is 65.9 Å². The van der Waals surface area contributed by atoms with Gasteiger partial charge in [-0.1, -0.05) is 36.4 Å². The maximum absolute atomic E-state index is 12.6. The smallest absolute Gasteiger partial charge is 0.271 e. The first-order chi connectivity index (χ1) is 13.6. The molecule has 0 spiro atoms. The minimum absolute atomic E-state index is 0.0676. The summed E-state index contributed by atoms with van der Waals surface area (Å²) >= 11 is 0. The van der Waals surface area contributed by atoms with Crippen molar-refractivity contribution in [2.75, 3.05) is 27.8 Å². The van der Waals surface area contributed by atoms with Crippen LogP contribution in [0.15, 0.2) is 54.6 Å². The van der Waals surface area contributed by atoms with Crippen molar-refractivity contribution in [2.45, 2.75) is 12.8 Å². The second-order valence-electron chi connectivity index (χ2n) is 6.55. The lowest BCUT2D eigenvalue weighted by atomic mass is 10.1. The Hall–Kier alpha value is -3.28. The normalized spacial score (nSPS) is 10.5. The fourth-order valence-electron chi connectivity index (χ4n) is 3.05. The van der Waals surface area contributed by atoms with Crippen LogP contribution in [0.2, 0.25) is 0 Å². The van der Waals surface area contributed by atoms with Crippen LogP contribution in [0.5, 0.6) is 11.5 Å². The van der Waals surface area contributed by atoms with Gasteiger partial charge in [0, 0.05) is 19.2 Å². The molecule has 1 aromatic heterocycles. The number of aromatic nitrogens is 2. The molecule has 0 aliphatic heterocycles. The van der Waals surface area contributed by atoms with Crippen molar-refractivity contribution in [1.82, 2.24) is 15.1 Å². The molecule has 0 radical (unpaired) electrons. The fourth-order valence-corrected chi connectivity index (χ4v) is 3.05. The summed E-state index contributed by atoms with van der Waals surface area (Å²) < 4.78 is 10.6. The molecule has 3 rings (SSSR count). The maximum atomic E-state index is 12.6. The van der Waals surface area contributed by atoms with Gasteiger partial charge in [-0.15, -0.1) is 0 Å². The Kier molecular flexibility index (Phi) is 6.32. The molecule has 1 heterocycles. The molecule has 3 aromatic rings. The molecule has 0 aliphatic rings. The standard InChI is InChI=1S/C22H25N3O3/c1-25(13-7-8-16-11-12-20(27-2)21(14-16)28-3)22(26)19-15-18(23-24-19)17-9-5-4-6-10-17/h4-6,9-12,14-15H,7-8,13H2,1-3H3,(H,23,24). The Balaban J connectivity index is 1.56. The SMILES string of the molecule is COc1ccc(CCCN(C)C(=O)c2cc(-c3ccccc3)n[nH]2)cc1OC. The van der Waals surface area contributed by atoms with Crippen LogP contribution in [0.3, 0.4) is 0 Å². The van der Waals surface area contributed by atoms with Crippen LogP contribution < -0.4 is 9.47 Å². The number of amides is 1. The Bertz CT molecular complexity index is 922. The third-order valence-electron chi connectivity index (χ3n) is 4.63. The van der Waals surface area contributed by atoms with Crippen LogP contribution in [0.1, 0.15) is 22.5 Å². The summed E-state index contributed by atoms with van der Waals surface area (Å²) in [6.45, 7) is 0.646. The van der Waals surface area contributed by atoms with Crippen molar-refractivity contribution in [3.8, 4) is 22.8 Å². The Morgan fingerprint density at radius 1 is 1.04 bits per heavy atom. The first-order valence-electron chi connectivity index (χ1n) is 9.19. The number of ether oxygens (including phenoxy) is 2. The molecule has 6 nitrogen and oxygen atoms in total. The van der Waals surface area contributed by atoms with E-state index >= 15 is 0 Å². The number of hydrogen-bond donors (Lipinski definition) is 1. The lowest BCUT2D eigenvalue weighted by molar-refractivity contribution is 0.0787. The molecule has 1 amide bonds. The number of nitrogens with one attached hydrogen (secondary N) is 1. The second kappa shape index (κ2) is 9.08. The van der Waals surface area contributed by atoms with Crippen LogP contribution in [0.25, 0.3) is 11.3 Å². The van der Waals surface area contributed by atoms with E-state index in [2.05, 4.69) is 10.2 Å². The lowest BCUT2D eigenvalue weighted by Gasteiger charge is -2.16. The summed E-state index contributed by atoms with van der Waals surface area (Å²) in [5.41, 5.74) is 3.38. The zero-order chi connectivity index (χ0) is 19.9. The van der Waals surface area contributed by atoms with E-state index in [9.17, 15) is 4.79 Å². The van der Waals surface area contributed by atoms with Gasteiger partial charge in [0.2, 0.25) is 0 Å². The summed E-state index contributed by atoms with van der Waals surface area (Å²) in [6, 6.07) is 17.5. The van der Waals surface area contributed by atoms with E-state index in [0.29, 0.717) is 18.0 Å². The van der Waals surface area contributed by atoms with Crippen molar-refractivity contribution in [3.63, 3.8) is 0 Å². The molecule has 0 atom stereocenters. The zero-order valence-electron chi connectivity index (χ0n) is 16.4. The van der Waals surface area contributed by atoms with Crippen molar-refractivity contribution < 1.29 is 14.3 Å². The number of benzene rings is 2. The second-order valence-corrected chi connectivity index (χ2v) is 6.55. The van der Waals surface area contributed by atoms with Gasteiger partial charge in [0.05, 0.1) is 19.9 Å². The maximum Gasteiger partial charge on any atom is 0.271 e. The molecule has 146 valence electrons. The summed E-state index contributed by atoms with van der Waals surface area (Å²) in [7, 11) is 5.05. The molecule has 0 fully saturated rings. The number of aromatic amines is 1. The van der Waals surface area contributed by atoms with Crippen LogP contribution >= 0.6 is 0 Å². The van der Waals surface area contributed by atoms with Gasteiger partial charge < -0.3 is 14.4 Å². The van der Waals surface area contributed by atoms with Gasteiger partial charge in [-0.25, -0.2) is 0 Å². The monoisotopic (exact) mass is 379 g/mol. The number of aryl methyl sites for hydroxylation is 1. The molecule has 0 bridgehead atoms. The minimum atomic E-state index is -0.0676. The number of methoxy groups -OCH3 is 2. The summed E-state index contributed by atoms with van der Waals surface area (Å²) in [6.07, 6.45) is 1.69. The zero-order valence-corrected chi connectivity index (χ0v) is 16.4. The van der Waals surface area contributed by atoms with Crippen molar-refractivity contribution in [1.29, 1.82) is 0 Å². The molecular formula is C22H25N3O3. The predicted molar refractivity (Wildman–Crippen MR) is 109 cm³/mol. The van der Waals surface area contributed by atoms with Crippen LogP contribution in [0, 0.1) is 0 Å². The van der Waals surface area contributed by atoms with Gasteiger partial charge in [-0.3, -0.25) is 9.89 Å². The number of nitrogens with zero attached hydrogens (tertiary/aromatic N) is 2. The van der Waals surface area contributed by atoms with Crippen molar-refractivity contribution in [2.24, 2.45) is 0 Å². The molecule has 28 heavy (non-hydrogen) atoms. The number of hydrogen-bond acceptors (Lipinski definition) is 4. The highest BCUT2D eigenvalue weighted by atomic mass is 16.5. The Labute approximate surface area is 165 Å². The highest BCUT2D eigenvalue weighted by Gasteiger charge is 2.15. The number of carbonyl (C=O) groups excluding carboxylic acids is 1. The van der Waals surface area contributed by atoms with Gasteiger partial charge in [0.25, 0.3) is 5.91 Å². The largest absolute Gasteiger partial charge is 0.493 e. The number of H-pyrrole nitrogens is 1. The summed E-state index contributed by atoms with van der Waals surface area (Å²) in [5, 5.41) is 7.10. The molecule has 0 aliphatic carbocycles. The summed E-state index contributed by atoms with van der Waals surface area (Å²) in [4.78, 5) is 14.3. The Morgan fingerprint density at radius 3 is 2.50 bits per heavy atom. The van der Waals surface area contributed by atoms with E-state index in [1.54, 1.807) is 32.2 Å². The third-order valence-corrected chi connectivity index (χ3v) is 4.63. The molecule has 0 saturated heterocycles. The Morgan fingerprint density at radius 2 is 1.79 bits per heavy atom. The molecule has 0 saturated carbocycles. The van der Waals surface area contributed by atoms with Gasteiger partial charge >= 0.3 is 0 Å². The molecule has 6 heteroatoms. The highest BCUT2D eigenvalue weighted by molar-refractivity contribution is 5.93. The van der Waals surface area contributed by atoms with Crippen LogP contribution in [0.4, 0.5) is 0 Å². The minimum Gasteiger partial charge on any atom is -0.493 e. The third kappa shape index (κ3) is 4.52. The van der Waals surface area contributed by atoms with Crippen LogP contribution in [-0.4, -0.2) is 48.8 Å². The van der Waals surface area contributed by atoms with E-state index in [4.69, 9.17) is 9.47 Å². The summed E-state index contributed by atoms with van der Waals surface area (Å²) in [5.74, 6) is 1.37. The first-order valence-corrected chi connectivity index (χ1v) is 9.19. The average Bonchev–Trinajstić information content (AvgIpc) is 3.23. The predicted octanol–water partition coefficient (Wildman–Crippen LogP) is 3.80. The first kappa shape index (κ1) is 19.5. The van der Waals surface area contributed by atoms with Gasteiger partial charge in [-0.2, -0.15) is 5.10 Å². The van der Waals surface area contributed by atoms with E-state index in [0.717, 1.165) is 35.4 Å². The van der Waals surface area contributed by atoms with E-state index in [1.165, 1.54) is 0 Å². The van der Waals surface area contributed by atoms with E-state index in [-0.39, 0.29) is 5.91 Å². The number of carbonyl (C=O) groups is 1. The number of rotatable bonds is 8. The lowest BCUT2D eigenvalue weighted by Crippen LogP contribution is -2.28. The van der Waals surface area contributed by atoms with Crippen molar-refractivity contribution >= 4 is 5.91 Å². The topological polar surface area (TPSA) is 67.5 Å². The van der Waals surface area contributed by atoms with Gasteiger partial charge in [0.15, 0.2) is 11.5 Å². The fraction of sp³-hybridized carbons (Fsp3) is 0.273. The van der Waals surface area contributed by atoms with Gasteiger partial charge in [0.1, 0.15) is 5.69 Å². The van der Waals surface area contributed by atoms with Crippen LogP contribution in [-0.2, 0) is 6.42 Å².